The van der Waals surface area contributed by atoms with Crippen LogP contribution in [0.15, 0.2) is 35.1 Å². The van der Waals surface area contributed by atoms with Crippen molar-refractivity contribution in [1.29, 1.82) is 0 Å². The zero-order valence-electron chi connectivity index (χ0n) is 69.1. The smallest absolute Gasteiger partial charge is 0.343 e. The highest BCUT2D eigenvalue weighted by Crippen LogP contribution is 2.41. The van der Waals surface area contributed by atoms with Crippen molar-refractivity contribution in [3.05, 3.63) is 68.8 Å². The molecular formula is C80H118FN11O26. The summed E-state index contributed by atoms with van der Waals surface area (Å²) in [6, 6.07) is -1.06. The molecule has 0 aliphatic carbocycles. The Morgan fingerprint density at radius 3 is 1.68 bits per heavy atom. The molecule has 5 heterocycles. The Bertz CT molecular complexity index is 3950. The van der Waals surface area contributed by atoms with Gasteiger partial charge in [-0.3, -0.25) is 62.4 Å². The zero-order valence-corrected chi connectivity index (χ0v) is 69.1. The fourth-order valence-corrected chi connectivity index (χ4v) is 12.5. The largest absolute Gasteiger partial charge is 0.460 e. The number of amides is 10. The molecule has 6 rings (SSSR count). The molecule has 10 amide bonds. The number of pyridine rings is 2. The summed E-state index contributed by atoms with van der Waals surface area (Å²) in [5, 5.41) is 32.6. The molecule has 5 atom stereocenters. The third-order valence-corrected chi connectivity index (χ3v) is 18.8. The second-order valence-corrected chi connectivity index (χ2v) is 29.3. The number of methoxy groups -OCH3 is 1. The van der Waals surface area contributed by atoms with Gasteiger partial charge in [-0.1, -0.05) is 27.7 Å². The van der Waals surface area contributed by atoms with Crippen LogP contribution in [0.4, 0.5) is 10.1 Å². The number of benzene rings is 1. The monoisotopic (exact) mass is 1670 g/mol. The molecule has 0 spiro atoms. The molecule has 0 saturated heterocycles. The first kappa shape index (κ1) is 97.5. The van der Waals surface area contributed by atoms with Gasteiger partial charge in [-0.15, -0.1) is 0 Å². The number of hydrogen-bond donors (Lipinski definition) is 9. The van der Waals surface area contributed by atoms with E-state index >= 15 is 4.39 Å². The lowest BCUT2D eigenvalue weighted by atomic mass is 9.86. The van der Waals surface area contributed by atoms with Gasteiger partial charge < -0.3 is 109 Å². The fraction of sp³-hybridized carbons (Fsp3) is 0.650. The highest BCUT2D eigenvalue weighted by molar-refractivity contribution is 6.13. The Hall–Kier alpha value is -9.35. The van der Waals surface area contributed by atoms with Crippen molar-refractivity contribution in [3.8, 4) is 11.4 Å². The Balaban J connectivity index is 0.895. The lowest BCUT2D eigenvalue weighted by Crippen LogP contribution is -2.58. The Morgan fingerprint density at radius 1 is 0.593 bits per heavy atom. The number of aryl methyl sites for hydroxylation is 1. The SMILES string of the molecule is CCc1c2c(nc3cc(F)c(NC(=O)CNC(=O)[C@H](C)NC(=O)[C@@H](NC(=O)[C@H](CCC(=O)OC(C)(C)C)NC(=O)CCCNC(=O)[C@H](CCCCNC(=O)COCCOCCOCCOCCOCCOCCOCCOCCOCCOC)NC(=O)CCCN4C(=O)C=CC4=O)C(C)C)cc13)-c1cc3c(c(=O)n1C2)COC(=O)[C@]3(O)CC. The molecule has 1 aromatic carbocycles. The molecule has 0 bridgehead atoms. The third-order valence-electron chi connectivity index (χ3n) is 18.8. The van der Waals surface area contributed by atoms with Gasteiger partial charge >= 0.3 is 11.9 Å². The first-order valence-corrected chi connectivity index (χ1v) is 40.1. The molecule has 3 aliphatic heterocycles. The number of carbonyl (C=O) groups excluding carboxylic acids is 12. The number of unbranched alkanes of at least 4 members (excludes halogenated alkanes) is 1. The predicted octanol–water partition coefficient (Wildman–Crippen LogP) is 1.26. The maximum atomic E-state index is 15.9. The van der Waals surface area contributed by atoms with Crippen LogP contribution in [-0.4, -0.2) is 279 Å². The number of aromatic nitrogens is 2. The van der Waals surface area contributed by atoms with E-state index in [0.29, 0.717) is 153 Å². The number of esters is 2. The van der Waals surface area contributed by atoms with Gasteiger partial charge in [-0.05, 0) is 103 Å². The highest BCUT2D eigenvalue weighted by Gasteiger charge is 2.46. The molecule has 38 heteroatoms. The number of fused-ring (bicyclic) bond motifs is 5. The number of imide groups is 1. The fourth-order valence-electron chi connectivity index (χ4n) is 12.5. The summed E-state index contributed by atoms with van der Waals surface area (Å²) in [6.07, 6.45) is 2.59. The summed E-state index contributed by atoms with van der Waals surface area (Å²) in [5.74, 6) is -9.66. The van der Waals surface area contributed by atoms with E-state index in [1.165, 1.54) is 17.6 Å². The van der Waals surface area contributed by atoms with Gasteiger partial charge in [0.2, 0.25) is 47.3 Å². The van der Waals surface area contributed by atoms with Crippen molar-refractivity contribution in [2.75, 3.05) is 164 Å². The third kappa shape index (κ3) is 32.4. The maximum Gasteiger partial charge on any atom is 0.343 e. The molecule has 118 heavy (non-hydrogen) atoms. The van der Waals surface area contributed by atoms with Crippen LogP contribution in [0.1, 0.15) is 142 Å². The average molecular weight is 1670 g/mol. The van der Waals surface area contributed by atoms with E-state index in [1.807, 2.05) is 6.92 Å². The molecule has 9 N–H and O–H groups in total. The Labute approximate surface area is 685 Å². The second-order valence-electron chi connectivity index (χ2n) is 29.3. The van der Waals surface area contributed by atoms with E-state index < -0.39 is 124 Å². The average Bonchev–Trinajstić information content (AvgIpc) is 1.54. The number of anilines is 1. The molecule has 3 aromatic rings. The number of nitrogens with one attached hydrogen (secondary N) is 8. The van der Waals surface area contributed by atoms with Gasteiger partial charge in [0.05, 0.1) is 160 Å². The minimum atomic E-state index is -2.05. The van der Waals surface area contributed by atoms with Crippen molar-refractivity contribution in [3.63, 3.8) is 0 Å². The van der Waals surface area contributed by atoms with E-state index in [-0.39, 0.29) is 132 Å². The number of aliphatic hydroxyl groups is 1. The molecule has 0 fully saturated rings. The first-order valence-electron chi connectivity index (χ1n) is 40.1. The summed E-state index contributed by atoms with van der Waals surface area (Å²) >= 11 is 0. The van der Waals surface area contributed by atoms with Crippen LogP contribution in [0.3, 0.4) is 0 Å². The maximum absolute atomic E-state index is 15.9. The molecule has 0 radical (unpaired) electrons. The summed E-state index contributed by atoms with van der Waals surface area (Å²) in [6.45, 7) is 19.2. The lowest BCUT2D eigenvalue weighted by Gasteiger charge is -2.31. The minimum Gasteiger partial charge on any atom is -0.460 e. The van der Waals surface area contributed by atoms with Crippen LogP contribution in [0.25, 0.3) is 22.3 Å². The minimum absolute atomic E-state index is 0.0217. The van der Waals surface area contributed by atoms with Gasteiger partial charge in [0, 0.05) is 80.7 Å². The standard InChI is InChI=1S/C80H118FN11O26/c1-10-53-54-44-62(58(81)46-61(54)89-72-55(53)48-92-63(72)45-57-56(77(92)104)49-117-78(105)80(57,106)11-2)88-66(95)47-84-73(100)52(5)85-76(103)71(51(3)4)90-75(102)60(19-22-70(99)118-79(6,7)8)87-64(93)17-14-24-83-74(101)59(86-65(94)18-15-25-91-68(97)20-21-69(91)98)16-12-13-23-82-67(96)50-116-43-42-115-41-40-114-39-38-113-37-36-112-35-34-111-33-32-110-31-30-109-29-28-108-27-26-107-9/h20-21,44-46,51-52,59-60,71,106H,10-19,22-43,47-50H2,1-9H3,(H,82,96)(H,83,101)(H,84,100)(H,85,103)(H,86,94)(H,87,93)(H,88,95)(H,90,102)/t52-,59-,60-,71-,80-/m0/s1. The topological polar surface area (TPSA) is 470 Å². The van der Waals surface area contributed by atoms with Gasteiger partial charge in [-0.2, -0.15) is 0 Å². The number of nitrogens with zero attached hydrogens (tertiary/aromatic N) is 3. The molecular weight excluding hydrogens is 1550 g/mol. The number of rotatable bonds is 59. The van der Waals surface area contributed by atoms with Crippen LogP contribution in [0.2, 0.25) is 0 Å². The number of cyclic esters (lactones) is 1. The van der Waals surface area contributed by atoms with Crippen LogP contribution in [0, 0.1) is 11.7 Å². The molecule has 3 aliphatic rings. The van der Waals surface area contributed by atoms with Crippen LogP contribution < -0.4 is 48.1 Å². The van der Waals surface area contributed by atoms with Crippen LogP contribution in [0.5, 0.6) is 0 Å². The van der Waals surface area contributed by atoms with Gasteiger partial charge in [0.15, 0.2) is 5.60 Å². The van der Waals surface area contributed by atoms with Crippen molar-refractivity contribution in [1.82, 2.24) is 51.7 Å². The van der Waals surface area contributed by atoms with Crippen LogP contribution >= 0.6 is 0 Å². The summed E-state index contributed by atoms with van der Waals surface area (Å²) in [4.78, 5) is 177. The summed E-state index contributed by atoms with van der Waals surface area (Å²) in [5.41, 5.74) is -1.18. The molecule has 656 valence electrons. The van der Waals surface area contributed by atoms with Crippen LogP contribution in [-0.2, 0) is 140 Å². The quantitative estimate of drug-likeness (QED) is 0.0171. The van der Waals surface area contributed by atoms with Gasteiger partial charge in [0.1, 0.15) is 48.8 Å². The van der Waals surface area contributed by atoms with E-state index in [0.717, 1.165) is 23.1 Å². The summed E-state index contributed by atoms with van der Waals surface area (Å²) < 4.78 is 82.1. The van der Waals surface area contributed by atoms with Crippen molar-refractivity contribution in [2.24, 2.45) is 5.92 Å². The van der Waals surface area contributed by atoms with Crippen molar-refractivity contribution < 1.29 is 124 Å². The molecule has 0 saturated carbocycles. The van der Waals surface area contributed by atoms with E-state index in [4.69, 9.17) is 61.8 Å². The Kier molecular flexibility index (Phi) is 42.3. The van der Waals surface area contributed by atoms with Gasteiger partial charge in [0.25, 0.3) is 17.4 Å². The zero-order chi connectivity index (χ0) is 86.2. The first-order chi connectivity index (χ1) is 56.5. The molecule has 0 unspecified atom stereocenters. The van der Waals surface area contributed by atoms with Gasteiger partial charge in [-0.25, -0.2) is 14.2 Å². The Morgan fingerprint density at radius 2 is 1.14 bits per heavy atom. The van der Waals surface area contributed by atoms with Crippen molar-refractivity contribution in [2.45, 2.75) is 175 Å². The van der Waals surface area contributed by atoms with E-state index in [1.54, 1.807) is 54.7 Å². The predicted molar refractivity (Wildman–Crippen MR) is 422 cm³/mol. The molecule has 2 aromatic heterocycles. The van der Waals surface area contributed by atoms with Crippen molar-refractivity contribution >= 4 is 87.6 Å². The number of hydrogen-bond acceptors (Lipinski definition) is 27. The number of carbonyl (C=O) groups is 12. The molecule has 37 nitrogen and oxygen atoms in total. The van der Waals surface area contributed by atoms with E-state index in [2.05, 4.69) is 42.5 Å². The van der Waals surface area contributed by atoms with E-state index in [9.17, 15) is 67.4 Å². The number of ether oxygens (including phenoxy) is 12. The summed E-state index contributed by atoms with van der Waals surface area (Å²) in [7, 11) is 1.62. The number of halogens is 1. The highest BCUT2D eigenvalue weighted by atomic mass is 19.1. The second kappa shape index (κ2) is 51.2. The normalized spacial score (nSPS) is 15.2. The lowest BCUT2D eigenvalue weighted by molar-refractivity contribution is -0.172.